The van der Waals surface area contributed by atoms with E-state index < -0.39 is 0 Å². The van der Waals surface area contributed by atoms with Crippen LogP contribution in [-0.2, 0) is 5.88 Å². The molecule has 0 heterocycles. The fourth-order valence-corrected chi connectivity index (χ4v) is 1.93. The molecule has 0 unspecified atom stereocenters. The molecular formula is C14H11Cl2NO2. The van der Waals surface area contributed by atoms with Crippen LogP contribution < -0.4 is 5.32 Å². The number of nitrogens with one attached hydrogen (secondary N) is 1. The molecule has 2 aromatic carbocycles. The van der Waals surface area contributed by atoms with Crippen LogP contribution in [-0.4, -0.2) is 11.0 Å². The summed E-state index contributed by atoms with van der Waals surface area (Å²) < 4.78 is 0. The fourth-order valence-electron chi connectivity index (χ4n) is 1.58. The molecule has 3 nitrogen and oxygen atoms in total. The van der Waals surface area contributed by atoms with Gasteiger partial charge in [0.05, 0.1) is 5.02 Å². The highest BCUT2D eigenvalue weighted by molar-refractivity contribution is 6.32. The first-order valence-corrected chi connectivity index (χ1v) is 6.46. The van der Waals surface area contributed by atoms with Crippen molar-refractivity contribution in [3.8, 4) is 5.75 Å². The summed E-state index contributed by atoms with van der Waals surface area (Å²) in [7, 11) is 0. The van der Waals surface area contributed by atoms with Crippen molar-refractivity contribution in [2.45, 2.75) is 5.88 Å². The highest BCUT2D eigenvalue weighted by atomic mass is 35.5. The minimum atomic E-state index is -0.298. The zero-order chi connectivity index (χ0) is 13.8. The summed E-state index contributed by atoms with van der Waals surface area (Å²) in [6.07, 6.45) is 0. The SMILES string of the molecule is O=C(Nc1cccc(CCl)c1)c1ccc(O)c(Cl)c1. The summed E-state index contributed by atoms with van der Waals surface area (Å²) in [5, 5.41) is 12.2. The molecule has 0 fully saturated rings. The van der Waals surface area contributed by atoms with Crippen molar-refractivity contribution in [3.05, 3.63) is 58.6 Å². The maximum absolute atomic E-state index is 12.0. The van der Waals surface area contributed by atoms with Crippen molar-refractivity contribution in [2.24, 2.45) is 0 Å². The van der Waals surface area contributed by atoms with Crippen LogP contribution in [0.3, 0.4) is 0 Å². The lowest BCUT2D eigenvalue weighted by Gasteiger charge is -2.07. The van der Waals surface area contributed by atoms with Gasteiger partial charge in [-0.2, -0.15) is 0 Å². The Morgan fingerprint density at radius 2 is 2.00 bits per heavy atom. The minimum Gasteiger partial charge on any atom is -0.506 e. The van der Waals surface area contributed by atoms with Crippen LogP contribution in [0.4, 0.5) is 5.69 Å². The fraction of sp³-hybridized carbons (Fsp3) is 0.0714. The third kappa shape index (κ3) is 3.40. The largest absolute Gasteiger partial charge is 0.506 e. The van der Waals surface area contributed by atoms with Crippen molar-refractivity contribution in [1.29, 1.82) is 0 Å². The number of rotatable bonds is 3. The number of amides is 1. The van der Waals surface area contributed by atoms with E-state index in [0.29, 0.717) is 17.1 Å². The Balaban J connectivity index is 2.18. The van der Waals surface area contributed by atoms with Gasteiger partial charge >= 0.3 is 0 Å². The summed E-state index contributed by atoms with van der Waals surface area (Å²) in [6, 6.07) is 11.6. The van der Waals surface area contributed by atoms with Crippen molar-refractivity contribution in [2.75, 3.05) is 5.32 Å². The number of phenolic OH excluding ortho intramolecular Hbond substituents is 1. The molecule has 0 atom stereocenters. The van der Waals surface area contributed by atoms with Gasteiger partial charge in [0.1, 0.15) is 5.75 Å². The van der Waals surface area contributed by atoms with Crippen molar-refractivity contribution in [1.82, 2.24) is 0 Å². The number of anilines is 1. The maximum atomic E-state index is 12.0. The second kappa shape index (κ2) is 5.95. The predicted molar refractivity (Wildman–Crippen MR) is 77.1 cm³/mol. The van der Waals surface area contributed by atoms with Crippen molar-refractivity contribution >= 4 is 34.8 Å². The molecule has 1 amide bonds. The molecule has 0 bridgehead atoms. The van der Waals surface area contributed by atoms with Gasteiger partial charge in [-0.25, -0.2) is 0 Å². The number of alkyl halides is 1. The lowest BCUT2D eigenvalue weighted by Crippen LogP contribution is -2.11. The zero-order valence-corrected chi connectivity index (χ0v) is 11.4. The van der Waals surface area contributed by atoms with Crippen LogP contribution in [0.1, 0.15) is 15.9 Å². The van der Waals surface area contributed by atoms with E-state index in [-0.39, 0.29) is 16.7 Å². The highest BCUT2D eigenvalue weighted by Gasteiger charge is 2.08. The number of benzene rings is 2. The van der Waals surface area contributed by atoms with E-state index in [1.807, 2.05) is 12.1 Å². The van der Waals surface area contributed by atoms with Gasteiger partial charge in [-0.3, -0.25) is 4.79 Å². The molecule has 2 aromatic rings. The van der Waals surface area contributed by atoms with E-state index in [9.17, 15) is 9.90 Å². The molecule has 0 aliphatic carbocycles. The Labute approximate surface area is 120 Å². The van der Waals surface area contributed by atoms with E-state index in [4.69, 9.17) is 23.2 Å². The smallest absolute Gasteiger partial charge is 0.255 e. The van der Waals surface area contributed by atoms with Crippen molar-refractivity contribution in [3.63, 3.8) is 0 Å². The Morgan fingerprint density at radius 1 is 1.21 bits per heavy atom. The van der Waals surface area contributed by atoms with Crippen LogP contribution >= 0.6 is 23.2 Å². The van der Waals surface area contributed by atoms with Gasteiger partial charge in [-0.15, -0.1) is 11.6 Å². The normalized spacial score (nSPS) is 10.2. The molecule has 0 radical (unpaired) electrons. The second-order valence-corrected chi connectivity index (χ2v) is 4.63. The van der Waals surface area contributed by atoms with E-state index in [1.54, 1.807) is 12.1 Å². The molecule has 98 valence electrons. The molecule has 0 spiro atoms. The molecule has 0 aromatic heterocycles. The monoisotopic (exact) mass is 295 g/mol. The lowest BCUT2D eigenvalue weighted by molar-refractivity contribution is 0.102. The summed E-state index contributed by atoms with van der Waals surface area (Å²) in [5.74, 6) is 0.0327. The molecular weight excluding hydrogens is 285 g/mol. The summed E-state index contributed by atoms with van der Waals surface area (Å²) >= 11 is 11.5. The first kappa shape index (κ1) is 13.7. The number of aromatic hydroxyl groups is 1. The Bertz CT molecular complexity index is 614. The topological polar surface area (TPSA) is 49.3 Å². The zero-order valence-electron chi connectivity index (χ0n) is 9.86. The molecule has 0 aliphatic rings. The number of carbonyl (C=O) groups is 1. The first-order valence-electron chi connectivity index (χ1n) is 5.55. The van der Waals surface area contributed by atoms with E-state index in [2.05, 4.69) is 5.32 Å². The van der Waals surface area contributed by atoms with E-state index >= 15 is 0 Å². The molecule has 5 heteroatoms. The van der Waals surface area contributed by atoms with Crippen LogP contribution in [0.2, 0.25) is 5.02 Å². The molecule has 0 saturated heterocycles. The van der Waals surface area contributed by atoms with E-state index in [0.717, 1.165) is 5.56 Å². The Hall–Kier alpha value is -1.71. The summed E-state index contributed by atoms with van der Waals surface area (Å²) in [5.41, 5.74) is 1.95. The average Bonchev–Trinajstić information content (AvgIpc) is 2.42. The molecule has 0 aliphatic heterocycles. The highest BCUT2D eigenvalue weighted by Crippen LogP contribution is 2.24. The van der Waals surface area contributed by atoms with Gasteiger partial charge in [-0.1, -0.05) is 23.7 Å². The Kier molecular flexibility index (Phi) is 4.30. The van der Waals surface area contributed by atoms with Crippen molar-refractivity contribution < 1.29 is 9.90 Å². The average molecular weight is 296 g/mol. The standard InChI is InChI=1S/C14H11Cl2NO2/c15-8-9-2-1-3-11(6-9)17-14(19)10-4-5-13(18)12(16)7-10/h1-7,18H,8H2,(H,17,19). The van der Waals surface area contributed by atoms with Crippen LogP contribution in [0, 0.1) is 0 Å². The quantitative estimate of drug-likeness (QED) is 0.840. The van der Waals surface area contributed by atoms with Crippen LogP contribution in [0.5, 0.6) is 5.75 Å². The second-order valence-electron chi connectivity index (χ2n) is 3.95. The van der Waals surface area contributed by atoms with Crippen LogP contribution in [0.15, 0.2) is 42.5 Å². The predicted octanol–water partition coefficient (Wildman–Crippen LogP) is 4.04. The maximum Gasteiger partial charge on any atom is 0.255 e. The van der Waals surface area contributed by atoms with Crippen LogP contribution in [0.25, 0.3) is 0 Å². The number of carbonyl (C=O) groups excluding carboxylic acids is 1. The molecule has 2 N–H and O–H groups in total. The van der Waals surface area contributed by atoms with Gasteiger partial charge in [-0.05, 0) is 35.9 Å². The Morgan fingerprint density at radius 3 is 2.68 bits per heavy atom. The number of halogens is 2. The number of phenols is 1. The van der Waals surface area contributed by atoms with Gasteiger partial charge < -0.3 is 10.4 Å². The summed E-state index contributed by atoms with van der Waals surface area (Å²) in [4.78, 5) is 12.0. The van der Waals surface area contributed by atoms with E-state index in [1.165, 1.54) is 18.2 Å². The van der Waals surface area contributed by atoms with Gasteiger partial charge in [0.25, 0.3) is 5.91 Å². The first-order chi connectivity index (χ1) is 9.10. The summed E-state index contributed by atoms with van der Waals surface area (Å²) in [6.45, 7) is 0. The molecule has 19 heavy (non-hydrogen) atoms. The number of hydrogen-bond donors (Lipinski definition) is 2. The minimum absolute atomic E-state index is 0.0534. The number of hydrogen-bond acceptors (Lipinski definition) is 2. The lowest BCUT2D eigenvalue weighted by atomic mass is 10.2. The molecule has 2 rings (SSSR count). The van der Waals surface area contributed by atoms with Gasteiger partial charge in [0.2, 0.25) is 0 Å². The third-order valence-electron chi connectivity index (χ3n) is 2.55. The van der Waals surface area contributed by atoms with Gasteiger partial charge in [0, 0.05) is 17.1 Å². The third-order valence-corrected chi connectivity index (χ3v) is 3.16. The molecule has 0 saturated carbocycles. The van der Waals surface area contributed by atoms with Gasteiger partial charge in [0.15, 0.2) is 0 Å².